The van der Waals surface area contributed by atoms with E-state index in [0.717, 1.165) is 10.7 Å². The van der Waals surface area contributed by atoms with Crippen molar-refractivity contribution >= 4 is 23.5 Å². The van der Waals surface area contributed by atoms with Gasteiger partial charge in [0.25, 0.3) is 11.8 Å². The van der Waals surface area contributed by atoms with Gasteiger partial charge in [0.1, 0.15) is 17.3 Å². The molecule has 0 aliphatic heterocycles. The van der Waals surface area contributed by atoms with Gasteiger partial charge in [0.05, 0.1) is 17.6 Å². The van der Waals surface area contributed by atoms with Crippen molar-refractivity contribution < 1.29 is 22.8 Å². The Balaban J connectivity index is 1.55. The summed E-state index contributed by atoms with van der Waals surface area (Å²) in [5, 5.41) is 6.66. The van der Waals surface area contributed by atoms with E-state index in [9.17, 15) is 22.8 Å². The Kier molecular flexibility index (Phi) is 7.06. The first-order valence-electron chi connectivity index (χ1n) is 11.9. The lowest BCUT2D eigenvalue weighted by Gasteiger charge is -2.21. The molecule has 5 aromatic rings. The number of alkyl halides is 3. The Morgan fingerprint density at radius 1 is 0.850 bits per heavy atom. The summed E-state index contributed by atoms with van der Waals surface area (Å²) >= 11 is 0. The Bertz CT molecular complexity index is 1660. The topological polar surface area (TPSA) is 106 Å². The van der Waals surface area contributed by atoms with Crippen LogP contribution in [-0.2, 0) is 6.18 Å². The number of aromatic nitrogens is 5. The fraction of sp³-hybridized carbons (Fsp3) is 0.0714. The molecule has 0 aliphatic rings. The lowest BCUT2D eigenvalue weighted by Crippen LogP contribution is -2.28. The number of carbonyl (C=O) groups is 2. The van der Waals surface area contributed by atoms with Crippen LogP contribution in [0, 0.1) is 0 Å². The van der Waals surface area contributed by atoms with E-state index in [1.54, 1.807) is 48.5 Å². The standard InChI is InChI=1S/C28H20F3N7O2/c1-32-26(39)18-6-4-7-19(14-18)27(40)37(24-9-2-3-13-34-24)25-11-10-21(17-35-25)38-23(28(29,30)31)15-22(36-38)20-8-5-12-33-16-20/h2-17H,1H3,(H,32,39). The van der Waals surface area contributed by atoms with Crippen LogP contribution in [0.15, 0.2) is 97.6 Å². The Morgan fingerprint density at radius 3 is 2.30 bits per heavy atom. The van der Waals surface area contributed by atoms with Crippen molar-refractivity contribution in [2.75, 3.05) is 11.9 Å². The van der Waals surface area contributed by atoms with Gasteiger partial charge in [-0.25, -0.2) is 19.5 Å². The van der Waals surface area contributed by atoms with Gasteiger partial charge in [-0.3, -0.25) is 14.6 Å². The zero-order chi connectivity index (χ0) is 28.3. The van der Waals surface area contributed by atoms with E-state index >= 15 is 0 Å². The maximum atomic E-state index is 13.9. The summed E-state index contributed by atoms with van der Waals surface area (Å²) in [5.74, 6) is -0.580. The molecule has 4 aromatic heterocycles. The first-order valence-corrected chi connectivity index (χ1v) is 11.9. The molecule has 9 nitrogen and oxygen atoms in total. The van der Waals surface area contributed by atoms with Crippen LogP contribution in [0.3, 0.4) is 0 Å². The number of nitrogens with one attached hydrogen (secondary N) is 1. The van der Waals surface area contributed by atoms with Gasteiger partial charge in [-0.1, -0.05) is 12.1 Å². The molecule has 5 rings (SSSR count). The van der Waals surface area contributed by atoms with Gasteiger partial charge >= 0.3 is 6.18 Å². The quantitative estimate of drug-likeness (QED) is 0.320. The van der Waals surface area contributed by atoms with Crippen LogP contribution in [0.4, 0.5) is 24.8 Å². The molecular weight excluding hydrogens is 523 g/mol. The highest BCUT2D eigenvalue weighted by Gasteiger charge is 2.36. The van der Waals surface area contributed by atoms with Gasteiger partial charge in [-0.15, -0.1) is 0 Å². The lowest BCUT2D eigenvalue weighted by atomic mass is 10.1. The van der Waals surface area contributed by atoms with E-state index in [1.807, 2.05) is 0 Å². The third kappa shape index (κ3) is 5.27. The monoisotopic (exact) mass is 543 g/mol. The van der Waals surface area contributed by atoms with E-state index in [0.29, 0.717) is 5.56 Å². The maximum absolute atomic E-state index is 13.9. The third-order valence-corrected chi connectivity index (χ3v) is 5.84. The molecule has 2 amide bonds. The number of halogens is 3. The normalized spacial score (nSPS) is 11.2. The molecule has 40 heavy (non-hydrogen) atoms. The van der Waals surface area contributed by atoms with Gasteiger partial charge in [0, 0.05) is 42.3 Å². The van der Waals surface area contributed by atoms with Crippen LogP contribution in [0.5, 0.6) is 0 Å². The van der Waals surface area contributed by atoms with E-state index in [4.69, 9.17) is 0 Å². The molecule has 0 atom stereocenters. The van der Waals surface area contributed by atoms with Crippen LogP contribution < -0.4 is 10.2 Å². The van der Waals surface area contributed by atoms with Crippen molar-refractivity contribution in [3.05, 3.63) is 114 Å². The van der Waals surface area contributed by atoms with Crippen molar-refractivity contribution in [3.63, 3.8) is 0 Å². The van der Waals surface area contributed by atoms with Gasteiger partial charge in [0.2, 0.25) is 0 Å². The molecule has 1 N–H and O–H groups in total. The highest BCUT2D eigenvalue weighted by Crippen LogP contribution is 2.34. The van der Waals surface area contributed by atoms with E-state index in [1.165, 1.54) is 54.9 Å². The number of pyridine rings is 3. The number of rotatable bonds is 6. The molecule has 4 heterocycles. The minimum Gasteiger partial charge on any atom is -0.355 e. The summed E-state index contributed by atoms with van der Waals surface area (Å²) in [6.07, 6.45) is 0.915. The zero-order valence-electron chi connectivity index (χ0n) is 20.9. The lowest BCUT2D eigenvalue weighted by molar-refractivity contribution is -0.142. The highest BCUT2D eigenvalue weighted by molar-refractivity contribution is 6.10. The fourth-order valence-corrected chi connectivity index (χ4v) is 3.95. The summed E-state index contributed by atoms with van der Waals surface area (Å²) in [7, 11) is 1.48. The van der Waals surface area contributed by atoms with Crippen molar-refractivity contribution in [2.45, 2.75) is 6.18 Å². The van der Waals surface area contributed by atoms with Crippen molar-refractivity contribution in [3.8, 4) is 16.9 Å². The number of hydrogen-bond donors (Lipinski definition) is 1. The number of nitrogens with zero attached hydrogens (tertiary/aromatic N) is 6. The SMILES string of the molecule is CNC(=O)c1cccc(C(=O)N(c2ccccn2)c2ccc(-n3nc(-c4cccnc4)cc3C(F)(F)F)cn2)c1. The second-order valence-corrected chi connectivity index (χ2v) is 8.43. The average Bonchev–Trinajstić information content (AvgIpc) is 3.45. The van der Waals surface area contributed by atoms with Crippen LogP contribution in [0.2, 0.25) is 0 Å². The first kappa shape index (κ1) is 26.2. The second-order valence-electron chi connectivity index (χ2n) is 8.43. The fourth-order valence-electron chi connectivity index (χ4n) is 3.95. The highest BCUT2D eigenvalue weighted by atomic mass is 19.4. The summed E-state index contributed by atoms with van der Waals surface area (Å²) in [6.45, 7) is 0. The van der Waals surface area contributed by atoms with Crippen LogP contribution in [0.25, 0.3) is 16.9 Å². The molecule has 0 saturated heterocycles. The van der Waals surface area contributed by atoms with Crippen LogP contribution in [0.1, 0.15) is 26.4 Å². The van der Waals surface area contributed by atoms with Gasteiger partial charge in [-0.05, 0) is 60.7 Å². The molecule has 0 spiro atoms. The predicted octanol–water partition coefficient (Wildman–Crippen LogP) is 5.08. The summed E-state index contributed by atoms with van der Waals surface area (Å²) in [6, 6.07) is 18.0. The van der Waals surface area contributed by atoms with E-state index in [-0.39, 0.29) is 40.1 Å². The molecule has 0 aliphatic carbocycles. The molecule has 200 valence electrons. The van der Waals surface area contributed by atoms with Crippen molar-refractivity contribution in [1.82, 2.24) is 30.0 Å². The van der Waals surface area contributed by atoms with Crippen molar-refractivity contribution in [1.29, 1.82) is 0 Å². The van der Waals surface area contributed by atoms with Crippen LogP contribution >= 0.6 is 0 Å². The molecule has 0 radical (unpaired) electrons. The Labute approximate surface area is 226 Å². The molecule has 0 bridgehead atoms. The average molecular weight is 544 g/mol. The summed E-state index contributed by atoms with van der Waals surface area (Å²) in [5.41, 5.74) is 0.00411. The summed E-state index contributed by atoms with van der Waals surface area (Å²) in [4.78, 5) is 39.5. The Hall–Kier alpha value is -5.39. The number of hydrogen-bond acceptors (Lipinski definition) is 6. The number of carbonyl (C=O) groups excluding carboxylic acids is 2. The maximum Gasteiger partial charge on any atom is 0.433 e. The Morgan fingerprint density at radius 2 is 1.65 bits per heavy atom. The summed E-state index contributed by atoms with van der Waals surface area (Å²) < 4.78 is 42.5. The third-order valence-electron chi connectivity index (χ3n) is 5.84. The molecular formula is C28H20F3N7O2. The van der Waals surface area contributed by atoms with Crippen molar-refractivity contribution in [2.24, 2.45) is 0 Å². The minimum atomic E-state index is -4.70. The first-order chi connectivity index (χ1) is 19.3. The minimum absolute atomic E-state index is 0.0289. The molecule has 12 heteroatoms. The number of amides is 2. The second kappa shape index (κ2) is 10.8. The van der Waals surface area contributed by atoms with E-state index in [2.05, 4.69) is 25.4 Å². The smallest absolute Gasteiger partial charge is 0.355 e. The van der Waals surface area contributed by atoms with Gasteiger partial charge in [-0.2, -0.15) is 18.3 Å². The van der Waals surface area contributed by atoms with Gasteiger partial charge < -0.3 is 5.32 Å². The number of anilines is 2. The van der Waals surface area contributed by atoms with Gasteiger partial charge in [0.15, 0.2) is 0 Å². The molecule has 0 unspecified atom stereocenters. The predicted molar refractivity (Wildman–Crippen MR) is 140 cm³/mol. The molecule has 1 aromatic carbocycles. The zero-order valence-corrected chi connectivity index (χ0v) is 20.9. The number of benzene rings is 1. The largest absolute Gasteiger partial charge is 0.433 e. The molecule has 0 saturated carbocycles. The molecule has 0 fully saturated rings. The van der Waals surface area contributed by atoms with E-state index < -0.39 is 17.8 Å². The van der Waals surface area contributed by atoms with Crippen LogP contribution in [-0.4, -0.2) is 43.6 Å².